The van der Waals surface area contributed by atoms with E-state index in [0.29, 0.717) is 24.9 Å². The van der Waals surface area contributed by atoms with Crippen molar-refractivity contribution in [3.05, 3.63) is 29.8 Å². The van der Waals surface area contributed by atoms with Crippen molar-refractivity contribution >= 4 is 21.7 Å². The molecule has 1 aromatic rings. The van der Waals surface area contributed by atoms with Gasteiger partial charge in [-0.15, -0.1) is 0 Å². The van der Waals surface area contributed by atoms with Crippen LogP contribution in [0.25, 0.3) is 0 Å². The topological polar surface area (TPSA) is 91.8 Å². The zero-order valence-corrected chi connectivity index (χ0v) is 14.9. The Morgan fingerprint density at radius 3 is 2.29 bits per heavy atom. The van der Waals surface area contributed by atoms with E-state index < -0.39 is 27.0 Å². The predicted octanol–water partition coefficient (Wildman–Crippen LogP) is 2.19. The molecule has 132 valence electrons. The minimum Gasteiger partial charge on any atom is -0.481 e. The molecule has 0 spiro atoms. The van der Waals surface area contributed by atoms with Gasteiger partial charge in [0.2, 0.25) is 0 Å². The summed E-state index contributed by atoms with van der Waals surface area (Å²) in [4.78, 5) is 25.7. The second-order valence-corrected chi connectivity index (χ2v) is 8.95. The number of piperidine rings is 1. The Hall–Kier alpha value is -1.89. The van der Waals surface area contributed by atoms with Gasteiger partial charge in [0.25, 0.3) is 5.91 Å². The lowest BCUT2D eigenvalue weighted by Crippen LogP contribution is -2.49. The Balaban J connectivity index is 2.23. The third kappa shape index (κ3) is 3.45. The summed E-state index contributed by atoms with van der Waals surface area (Å²) in [7, 11) is -3.38. The van der Waals surface area contributed by atoms with Gasteiger partial charge < -0.3 is 10.0 Å². The molecule has 0 saturated carbocycles. The molecule has 1 saturated heterocycles. The van der Waals surface area contributed by atoms with Crippen molar-refractivity contribution in [2.24, 2.45) is 5.92 Å². The minimum atomic E-state index is -3.38. The van der Waals surface area contributed by atoms with E-state index in [2.05, 4.69) is 0 Å². The molecule has 0 aromatic heterocycles. The van der Waals surface area contributed by atoms with E-state index in [4.69, 9.17) is 0 Å². The van der Waals surface area contributed by atoms with Gasteiger partial charge in [0.15, 0.2) is 9.84 Å². The Bertz CT molecular complexity index is 724. The maximum Gasteiger partial charge on any atom is 0.308 e. The van der Waals surface area contributed by atoms with E-state index in [-0.39, 0.29) is 16.8 Å². The first-order valence-corrected chi connectivity index (χ1v) is 9.58. The van der Waals surface area contributed by atoms with E-state index in [0.717, 1.165) is 0 Å². The standard InChI is InChI=1S/C17H23NO5S/c1-11(2)24(22,23)14-8-6-13(7-9-14)16(19)18-10-4-5-15(12(18)3)17(20)21/h6-9,11-12,15H,4-5,10H2,1-3H3,(H,20,21)/t12-,15-/m0/s1. The van der Waals surface area contributed by atoms with Gasteiger partial charge >= 0.3 is 5.97 Å². The lowest BCUT2D eigenvalue weighted by molar-refractivity contribution is -0.144. The second-order valence-electron chi connectivity index (χ2n) is 6.44. The lowest BCUT2D eigenvalue weighted by atomic mass is 9.90. The number of aliphatic carboxylic acids is 1. The molecule has 0 bridgehead atoms. The number of hydrogen-bond donors (Lipinski definition) is 1. The highest BCUT2D eigenvalue weighted by atomic mass is 32.2. The average molecular weight is 353 g/mol. The van der Waals surface area contributed by atoms with Crippen molar-refractivity contribution in [1.82, 2.24) is 4.90 Å². The Kier molecular flexibility index (Phi) is 5.32. The first-order valence-electron chi connectivity index (χ1n) is 8.04. The molecule has 1 aromatic carbocycles. The normalized spacial score (nSPS) is 21.8. The third-order valence-electron chi connectivity index (χ3n) is 4.62. The molecule has 1 heterocycles. The lowest BCUT2D eigenvalue weighted by Gasteiger charge is -2.37. The van der Waals surface area contributed by atoms with Gasteiger partial charge in [-0.1, -0.05) is 0 Å². The summed E-state index contributed by atoms with van der Waals surface area (Å²) in [5.74, 6) is -1.72. The van der Waals surface area contributed by atoms with Crippen molar-refractivity contribution in [2.45, 2.75) is 49.8 Å². The number of likely N-dealkylation sites (tertiary alicyclic amines) is 1. The zero-order valence-electron chi connectivity index (χ0n) is 14.1. The van der Waals surface area contributed by atoms with Crippen LogP contribution in [0, 0.1) is 5.92 Å². The first-order chi connectivity index (χ1) is 11.2. The smallest absolute Gasteiger partial charge is 0.308 e. The molecule has 1 aliphatic rings. The molecule has 24 heavy (non-hydrogen) atoms. The molecular weight excluding hydrogens is 330 g/mol. The number of carboxylic acids is 1. The minimum absolute atomic E-state index is 0.184. The number of amides is 1. The zero-order chi connectivity index (χ0) is 18.1. The van der Waals surface area contributed by atoms with Gasteiger partial charge in [-0.25, -0.2) is 8.42 Å². The fourth-order valence-electron chi connectivity index (χ4n) is 2.99. The molecule has 0 radical (unpaired) electrons. The molecular formula is C17H23NO5S. The summed E-state index contributed by atoms with van der Waals surface area (Å²) < 4.78 is 24.2. The molecule has 1 aliphatic heterocycles. The van der Waals surface area contributed by atoms with Crippen LogP contribution in [0.1, 0.15) is 44.0 Å². The van der Waals surface area contributed by atoms with Crippen LogP contribution in [0.3, 0.4) is 0 Å². The van der Waals surface area contributed by atoms with Gasteiger partial charge in [-0.2, -0.15) is 0 Å². The van der Waals surface area contributed by atoms with Gasteiger partial charge in [0.1, 0.15) is 0 Å². The van der Waals surface area contributed by atoms with Crippen molar-refractivity contribution < 1.29 is 23.1 Å². The fourth-order valence-corrected chi connectivity index (χ4v) is 4.04. The summed E-state index contributed by atoms with van der Waals surface area (Å²) in [6.45, 7) is 5.47. The second kappa shape index (κ2) is 6.93. The van der Waals surface area contributed by atoms with Crippen molar-refractivity contribution in [2.75, 3.05) is 6.54 Å². The highest BCUT2D eigenvalue weighted by molar-refractivity contribution is 7.92. The number of hydrogen-bond acceptors (Lipinski definition) is 4. The highest BCUT2D eigenvalue weighted by Crippen LogP contribution is 2.26. The van der Waals surface area contributed by atoms with Gasteiger partial charge in [-0.3, -0.25) is 9.59 Å². The summed E-state index contributed by atoms with van der Waals surface area (Å²) >= 11 is 0. The van der Waals surface area contributed by atoms with Gasteiger partial charge in [-0.05, 0) is 57.9 Å². The Morgan fingerprint density at radius 1 is 1.21 bits per heavy atom. The summed E-state index contributed by atoms with van der Waals surface area (Å²) in [5.41, 5.74) is 0.371. The van der Waals surface area contributed by atoms with Crippen molar-refractivity contribution in [3.8, 4) is 0 Å². The van der Waals surface area contributed by atoms with Gasteiger partial charge in [0.05, 0.1) is 16.1 Å². The monoisotopic (exact) mass is 353 g/mol. The average Bonchev–Trinajstić information content (AvgIpc) is 2.54. The number of carboxylic acid groups (broad SMARTS) is 1. The number of carbonyl (C=O) groups is 2. The molecule has 2 atom stereocenters. The fraction of sp³-hybridized carbons (Fsp3) is 0.529. The van der Waals surface area contributed by atoms with Crippen LogP contribution >= 0.6 is 0 Å². The summed E-state index contributed by atoms with van der Waals surface area (Å²) in [6.07, 6.45) is 1.21. The molecule has 1 N–H and O–H groups in total. The van der Waals surface area contributed by atoms with Crippen LogP contribution in [-0.4, -0.2) is 48.1 Å². The molecule has 0 unspecified atom stereocenters. The van der Waals surface area contributed by atoms with Crippen LogP contribution in [0.5, 0.6) is 0 Å². The Morgan fingerprint density at radius 2 is 1.79 bits per heavy atom. The SMILES string of the molecule is CC(C)S(=O)(=O)c1ccc(C(=O)N2CCC[C@H](C(=O)O)[C@@H]2C)cc1. The maximum atomic E-state index is 12.7. The summed E-state index contributed by atoms with van der Waals surface area (Å²) in [5, 5.41) is 8.72. The Labute approximate surface area is 142 Å². The molecule has 0 aliphatic carbocycles. The number of rotatable bonds is 4. The number of carbonyl (C=O) groups excluding carboxylic acids is 1. The molecule has 6 nitrogen and oxygen atoms in total. The van der Waals surface area contributed by atoms with Crippen LogP contribution in [0.2, 0.25) is 0 Å². The third-order valence-corrected chi connectivity index (χ3v) is 6.79. The molecule has 7 heteroatoms. The largest absolute Gasteiger partial charge is 0.481 e. The van der Waals surface area contributed by atoms with Crippen molar-refractivity contribution in [1.29, 1.82) is 0 Å². The predicted molar refractivity (Wildman–Crippen MR) is 89.6 cm³/mol. The first kappa shape index (κ1) is 18.4. The van der Waals surface area contributed by atoms with E-state index >= 15 is 0 Å². The molecule has 1 amide bonds. The molecule has 1 fully saturated rings. The van der Waals surface area contributed by atoms with Crippen LogP contribution < -0.4 is 0 Å². The van der Waals surface area contributed by atoms with Crippen molar-refractivity contribution in [3.63, 3.8) is 0 Å². The van der Waals surface area contributed by atoms with Crippen LogP contribution in [0.15, 0.2) is 29.2 Å². The van der Waals surface area contributed by atoms with Crippen LogP contribution in [0.4, 0.5) is 0 Å². The van der Waals surface area contributed by atoms with E-state index in [1.54, 1.807) is 25.7 Å². The highest BCUT2D eigenvalue weighted by Gasteiger charge is 2.35. The molecule has 2 rings (SSSR count). The quantitative estimate of drug-likeness (QED) is 0.896. The maximum absolute atomic E-state index is 12.7. The number of benzene rings is 1. The van der Waals surface area contributed by atoms with E-state index in [9.17, 15) is 23.1 Å². The van der Waals surface area contributed by atoms with Gasteiger partial charge in [0, 0.05) is 18.2 Å². The number of sulfone groups is 1. The number of nitrogens with zero attached hydrogens (tertiary/aromatic N) is 1. The van der Waals surface area contributed by atoms with E-state index in [1.165, 1.54) is 24.3 Å². The summed E-state index contributed by atoms with van der Waals surface area (Å²) in [6, 6.07) is 5.48. The van der Waals surface area contributed by atoms with Crippen LogP contribution in [-0.2, 0) is 14.6 Å². The van der Waals surface area contributed by atoms with E-state index in [1.807, 2.05) is 0 Å².